The van der Waals surface area contributed by atoms with Gasteiger partial charge < -0.3 is 14.4 Å². The summed E-state index contributed by atoms with van der Waals surface area (Å²) in [4.78, 5) is 20.8. The molecule has 0 unspecified atom stereocenters. The number of hydrogen-bond acceptors (Lipinski definition) is 4. The highest BCUT2D eigenvalue weighted by Crippen LogP contribution is 2.25. The van der Waals surface area contributed by atoms with Crippen molar-refractivity contribution < 1.29 is 0 Å². The molecule has 0 aliphatic carbocycles. The summed E-state index contributed by atoms with van der Waals surface area (Å²) < 4.78 is 1.57. The molecule has 2 aromatic rings. The van der Waals surface area contributed by atoms with E-state index in [4.69, 9.17) is 11.6 Å². The summed E-state index contributed by atoms with van der Waals surface area (Å²) in [6.07, 6.45) is 3.35. The van der Waals surface area contributed by atoms with Crippen molar-refractivity contribution >= 4 is 23.1 Å². The van der Waals surface area contributed by atoms with Crippen LogP contribution in [0.4, 0.5) is 11.5 Å². The van der Waals surface area contributed by atoms with Crippen LogP contribution in [0.1, 0.15) is 5.56 Å². The zero-order chi connectivity index (χ0) is 15.7. The lowest BCUT2D eigenvalue weighted by atomic mass is 10.1. The molecule has 116 valence electrons. The third-order valence-electron chi connectivity index (χ3n) is 4.09. The molecule has 1 aliphatic heterocycles. The van der Waals surface area contributed by atoms with Crippen LogP contribution in [-0.4, -0.2) is 35.7 Å². The van der Waals surface area contributed by atoms with E-state index in [1.54, 1.807) is 24.0 Å². The third kappa shape index (κ3) is 2.81. The average molecular weight is 319 g/mol. The molecular weight excluding hydrogens is 300 g/mol. The third-order valence-corrected chi connectivity index (χ3v) is 4.32. The smallest absolute Gasteiger partial charge is 0.293 e. The van der Waals surface area contributed by atoms with Crippen molar-refractivity contribution in [1.29, 1.82) is 0 Å². The van der Waals surface area contributed by atoms with Crippen molar-refractivity contribution in [1.82, 2.24) is 9.55 Å². The molecule has 1 aliphatic rings. The minimum absolute atomic E-state index is 0.0464. The number of rotatable bonds is 2. The molecule has 1 aromatic heterocycles. The van der Waals surface area contributed by atoms with Crippen LogP contribution in [-0.2, 0) is 7.05 Å². The van der Waals surface area contributed by atoms with Gasteiger partial charge in [-0.25, -0.2) is 4.98 Å². The second-order valence-electron chi connectivity index (χ2n) is 5.57. The first kappa shape index (κ1) is 14.9. The van der Waals surface area contributed by atoms with Crippen LogP contribution in [0.5, 0.6) is 0 Å². The molecule has 3 rings (SSSR count). The molecule has 0 amide bonds. The zero-order valence-electron chi connectivity index (χ0n) is 12.8. The van der Waals surface area contributed by atoms with Crippen LogP contribution in [0.15, 0.2) is 35.4 Å². The molecule has 22 heavy (non-hydrogen) atoms. The van der Waals surface area contributed by atoms with E-state index in [0.29, 0.717) is 5.82 Å². The maximum atomic E-state index is 12.1. The van der Waals surface area contributed by atoms with E-state index in [9.17, 15) is 4.79 Å². The van der Waals surface area contributed by atoms with Gasteiger partial charge in [0.05, 0.1) is 0 Å². The lowest BCUT2D eigenvalue weighted by molar-refractivity contribution is 0.638. The summed E-state index contributed by atoms with van der Waals surface area (Å²) in [5, 5.41) is 0.752. The number of benzene rings is 1. The number of nitrogens with zero attached hydrogens (tertiary/aromatic N) is 4. The molecule has 0 atom stereocenters. The van der Waals surface area contributed by atoms with Gasteiger partial charge in [0.2, 0.25) is 0 Å². The number of piperazine rings is 1. The second-order valence-corrected chi connectivity index (χ2v) is 6.01. The summed E-state index contributed by atoms with van der Waals surface area (Å²) in [5.41, 5.74) is 2.34. The Morgan fingerprint density at radius 1 is 1.14 bits per heavy atom. The number of hydrogen-bond donors (Lipinski definition) is 0. The van der Waals surface area contributed by atoms with Gasteiger partial charge in [-0.15, -0.1) is 0 Å². The Balaban J connectivity index is 1.77. The molecule has 5 nitrogen and oxygen atoms in total. The molecule has 1 saturated heterocycles. The van der Waals surface area contributed by atoms with Gasteiger partial charge in [-0.1, -0.05) is 17.7 Å². The summed E-state index contributed by atoms with van der Waals surface area (Å²) in [6.45, 7) is 5.34. The maximum absolute atomic E-state index is 12.1. The molecular formula is C16H19ClN4O. The normalized spacial score (nSPS) is 15.2. The van der Waals surface area contributed by atoms with E-state index >= 15 is 0 Å². The maximum Gasteiger partial charge on any atom is 0.293 e. The zero-order valence-corrected chi connectivity index (χ0v) is 13.5. The van der Waals surface area contributed by atoms with E-state index < -0.39 is 0 Å². The molecule has 0 N–H and O–H groups in total. The number of anilines is 2. The van der Waals surface area contributed by atoms with E-state index in [-0.39, 0.29) is 5.56 Å². The topological polar surface area (TPSA) is 41.4 Å². The quantitative estimate of drug-likeness (QED) is 0.850. The highest BCUT2D eigenvalue weighted by atomic mass is 35.5. The fourth-order valence-electron chi connectivity index (χ4n) is 2.78. The fourth-order valence-corrected chi connectivity index (χ4v) is 2.95. The van der Waals surface area contributed by atoms with Crippen LogP contribution >= 0.6 is 11.6 Å². The van der Waals surface area contributed by atoms with Crippen molar-refractivity contribution in [2.45, 2.75) is 6.92 Å². The highest BCUT2D eigenvalue weighted by Gasteiger charge is 2.21. The largest absolute Gasteiger partial charge is 0.368 e. The van der Waals surface area contributed by atoms with E-state index in [0.717, 1.165) is 31.2 Å². The van der Waals surface area contributed by atoms with Gasteiger partial charge >= 0.3 is 0 Å². The number of aryl methyl sites for hydroxylation is 2. The van der Waals surface area contributed by atoms with Crippen LogP contribution < -0.4 is 15.4 Å². The molecule has 0 bridgehead atoms. The molecule has 6 heteroatoms. The Morgan fingerprint density at radius 3 is 2.55 bits per heavy atom. The second kappa shape index (κ2) is 6.01. The molecule has 0 spiro atoms. The van der Waals surface area contributed by atoms with Crippen molar-refractivity contribution in [3.63, 3.8) is 0 Å². The lowest BCUT2D eigenvalue weighted by Gasteiger charge is -2.37. The Hall–Kier alpha value is -2.01. The van der Waals surface area contributed by atoms with Crippen LogP contribution in [0.3, 0.4) is 0 Å². The Labute approximate surface area is 134 Å². The fraction of sp³-hybridized carbons (Fsp3) is 0.375. The van der Waals surface area contributed by atoms with Gasteiger partial charge in [-0.3, -0.25) is 4.79 Å². The van der Waals surface area contributed by atoms with Gasteiger partial charge in [0, 0.05) is 56.3 Å². The van der Waals surface area contributed by atoms with Gasteiger partial charge in [0.1, 0.15) is 0 Å². The first-order chi connectivity index (χ1) is 10.6. The van der Waals surface area contributed by atoms with Crippen LogP contribution in [0.2, 0.25) is 5.02 Å². The highest BCUT2D eigenvalue weighted by molar-refractivity contribution is 6.30. The van der Waals surface area contributed by atoms with Gasteiger partial charge in [0.25, 0.3) is 5.56 Å². The van der Waals surface area contributed by atoms with Crippen molar-refractivity contribution in [3.05, 3.63) is 51.5 Å². The number of halogens is 1. The summed E-state index contributed by atoms with van der Waals surface area (Å²) in [6, 6.07) is 5.96. The minimum Gasteiger partial charge on any atom is -0.368 e. The van der Waals surface area contributed by atoms with E-state index in [1.165, 1.54) is 11.3 Å². The van der Waals surface area contributed by atoms with Gasteiger partial charge in [-0.05, 0) is 24.6 Å². The monoisotopic (exact) mass is 318 g/mol. The molecule has 1 aromatic carbocycles. The predicted molar refractivity (Wildman–Crippen MR) is 90.1 cm³/mol. The van der Waals surface area contributed by atoms with Gasteiger partial charge in [0.15, 0.2) is 5.82 Å². The van der Waals surface area contributed by atoms with E-state index in [2.05, 4.69) is 21.7 Å². The Morgan fingerprint density at radius 2 is 1.82 bits per heavy atom. The lowest BCUT2D eigenvalue weighted by Crippen LogP contribution is -2.48. The number of aromatic nitrogens is 2. The summed E-state index contributed by atoms with van der Waals surface area (Å²) in [7, 11) is 1.75. The Bertz CT molecular complexity index is 735. The molecule has 2 heterocycles. The standard InChI is InChI=1S/C16H19ClN4O/c1-12-3-4-13(17)11-14(12)20-7-9-21(10-8-20)15-16(22)19(2)6-5-18-15/h3-6,11H,7-10H2,1-2H3. The van der Waals surface area contributed by atoms with Crippen molar-refractivity contribution in [2.75, 3.05) is 36.0 Å². The van der Waals surface area contributed by atoms with Crippen LogP contribution in [0.25, 0.3) is 0 Å². The average Bonchev–Trinajstić information content (AvgIpc) is 2.53. The minimum atomic E-state index is -0.0464. The molecule has 0 radical (unpaired) electrons. The van der Waals surface area contributed by atoms with Gasteiger partial charge in [-0.2, -0.15) is 0 Å². The first-order valence-electron chi connectivity index (χ1n) is 7.34. The SMILES string of the molecule is Cc1ccc(Cl)cc1N1CCN(c2nccn(C)c2=O)CC1. The Kier molecular flexibility index (Phi) is 4.07. The molecule has 1 fully saturated rings. The molecule has 0 saturated carbocycles. The van der Waals surface area contributed by atoms with Crippen LogP contribution in [0, 0.1) is 6.92 Å². The van der Waals surface area contributed by atoms with Crippen molar-refractivity contribution in [2.24, 2.45) is 7.05 Å². The van der Waals surface area contributed by atoms with Crippen molar-refractivity contribution in [3.8, 4) is 0 Å². The first-order valence-corrected chi connectivity index (χ1v) is 7.72. The van der Waals surface area contributed by atoms with E-state index in [1.807, 2.05) is 18.2 Å². The summed E-state index contributed by atoms with van der Waals surface area (Å²) >= 11 is 6.11. The summed E-state index contributed by atoms with van der Waals surface area (Å²) in [5.74, 6) is 0.535. The predicted octanol–water partition coefficient (Wildman–Crippen LogP) is 2.07.